The van der Waals surface area contributed by atoms with Crippen molar-refractivity contribution in [3.8, 4) is 5.75 Å². The van der Waals surface area contributed by atoms with Gasteiger partial charge in [0.1, 0.15) is 17.9 Å². The number of hydrogen-bond donors (Lipinski definition) is 1. The summed E-state index contributed by atoms with van der Waals surface area (Å²) in [5.74, 6) is 2.06. The van der Waals surface area contributed by atoms with Gasteiger partial charge in [0, 0.05) is 18.8 Å². The number of rotatable bonds is 2. The normalized spacial score (nSPS) is 23.6. The van der Waals surface area contributed by atoms with Crippen LogP contribution in [0.1, 0.15) is 36.0 Å². The van der Waals surface area contributed by atoms with Gasteiger partial charge in [0.05, 0.1) is 5.92 Å². The zero-order chi connectivity index (χ0) is 14.3. The molecule has 110 valence electrons. The van der Waals surface area contributed by atoms with E-state index in [1.165, 1.54) is 0 Å². The van der Waals surface area contributed by atoms with Gasteiger partial charge in [-0.15, -0.1) is 0 Å². The third-order valence-corrected chi connectivity index (χ3v) is 4.26. The molecule has 21 heavy (non-hydrogen) atoms. The summed E-state index contributed by atoms with van der Waals surface area (Å²) in [5.41, 5.74) is 6.91. The summed E-state index contributed by atoms with van der Waals surface area (Å²) < 4.78 is 16.5. The lowest BCUT2D eigenvalue weighted by molar-refractivity contribution is 0.0400. The molecule has 0 spiro atoms. The molecule has 1 fully saturated rings. The molecule has 0 saturated carbocycles. The lowest BCUT2D eigenvalue weighted by Gasteiger charge is -2.29. The monoisotopic (exact) mass is 287 g/mol. The molecule has 6 heteroatoms. The first-order valence-electron chi connectivity index (χ1n) is 7.19. The second-order valence-corrected chi connectivity index (χ2v) is 5.63. The van der Waals surface area contributed by atoms with E-state index in [4.69, 9.17) is 19.7 Å². The molecule has 4 rings (SSSR count). The van der Waals surface area contributed by atoms with Gasteiger partial charge in [-0.2, -0.15) is 4.98 Å². The lowest BCUT2D eigenvalue weighted by atomic mass is 9.91. The van der Waals surface area contributed by atoms with Gasteiger partial charge in [-0.25, -0.2) is 0 Å². The van der Waals surface area contributed by atoms with Crippen LogP contribution in [-0.2, 0) is 10.3 Å². The zero-order valence-electron chi connectivity index (χ0n) is 11.6. The molecule has 1 atom stereocenters. The van der Waals surface area contributed by atoms with Crippen LogP contribution in [0, 0.1) is 0 Å². The Bertz CT molecular complexity index is 649. The maximum absolute atomic E-state index is 6.38. The quantitative estimate of drug-likeness (QED) is 0.902. The van der Waals surface area contributed by atoms with Crippen LogP contribution < -0.4 is 10.5 Å². The Morgan fingerprint density at radius 3 is 2.86 bits per heavy atom. The van der Waals surface area contributed by atoms with E-state index >= 15 is 0 Å². The minimum atomic E-state index is -0.567. The van der Waals surface area contributed by atoms with Gasteiger partial charge in [-0.05, 0) is 18.9 Å². The fourth-order valence-electron chi connectivity index (χ4n) is 2.90. The summed E-state index contributed by atoms with van der Waals surface area (Å²) in [4.78, 5) is 4.55. The molecule has 2 aromatic rings. The molecule has 2 N–H and O–H groups in total. The zero-order valence-corrected chi connectivity index (χ0v) is 11.6. The molecule has 0 aliphatic carbocycles. The average Bonchev–Trinajstić information content (AvgIpc) is 3.15. The van der Waals surface area contributed by atoms with E-state index in [0.717, 1.165) is 11.3 Å². The number of nitrogens with two attached hydrogens (primary N) is 1. The number of benzene rings is 1. The van der Waals surface area contributed by atoms with E-state index in [-0.39, 0.29) is 5.92 Å². The number of aromatic nitrogens is 2. The minimum Gasteiger partial charge on any atom is -0.492 e. The highest BCUT2D eigenvalue weighted by molar-refractivity contribution is 5.42. The van der Waals surface area contributed by atoms with Gasteiger partial charge in [-0.1, -0.05) is 23.4 Å². The summed E-state index contributed by atoms with van der Waals surface area (Å²) in [6.45, 7) is 1.80. The minimum absolute atomic E-state index is 0.0159. The third-order valence-electron chi connectivity index (χ3n) is 4.26. The van der Waals surface area contributed by atoms with E-state index in [9.17, 15) is 0 Å². The van der Waals surface area contributed by atoms with Crippen molar-refractivity contribution in [1.82, 2.24) is 10.1 Å². The van der Waals surface area contributed by atoms with Crippen LogP contribution in [0.3, 0.4) is 0 Å². The van der Waals surface area contributed by atoms with E-state index in [2.05, 4.69) is 10.1 Å². The van der Waals surface area contributed by atoms with Gasteiger partial charge < -0.3 is 19.7 Å². The van der Waals surface area contributed by atoms with Crippen LogP contribution in [0.2, 0.25) is 0 Å². The first-order chi connectivity index (χ1) is 10.3. The van der Waals surface area contributed by atoms with Crippen molar-refractivity contribution < 1.29 is 14.0 Å². The van der Waals surface area contributed by atoms with Crippen molar-refractivity contribution in [3.63, 3.8) is 0 Å². The molecule has 0 bridgehead atoms. The summed E-state index contributed by atoms with van der Waals surface area (Å²) in [6.07, 6.45) is 1.40. The predicted molar refractivity (Wildman–Crippen MR) is 74.0 cm³/mol. The standard InChI is InChI=1S/C15H17N3O3/c16-15(5-7-19-8-6-15)14-17-13(18-21-14)11-9-20-12-4-2-1-3-10(11)12/h1-4,11H,5-9,16H2. The molecule has 1 unspecified atom stereocenters. The SMILES string of the molecule is NC1(c2nc(C3COc4ccccc43)no2)CCOCC1. The molecular weight excluding hydrogens is 270 g/mol. The van der Waals surface area contributed by atoms with Crippen LogP contribution in [0.4, 0.5) is 0 Å². The Balaban J connectivity index is 1.64. The molecule has 2 aliphatic heterocycles. The van der Waals surface area contributed by atoms with Crippen LogP contribution in [0.5, 0.6) is 5.75 Å². The molecular formula is C15H17N3O3. The highest BCUT2D eigenvalue weighted by atomic mass is 16.5. The maximum Gasteiger partial charge on any atom is 0.246 e. The van der Waals surface area contributed by atoms with Crippen LogP contribution in [0.25, 0.3) is 0 Å². The first-order valence-corrected chi connectivity index (χ1v) is 7.19. The molecule has 0 radical (unpaired) electrons. The van der Waals surface area contributed by atoms with Gasteiger partial charge in [0.25, 0.3) is 0 Å². The summed E-state index contributed by atoms with van der Waals surface area (Å²) in [5, 5.41) is 4.13. The van der Waals surface area contributed by atoms with Gasteiger partial charge in [0.15, 0.2) is 5.82 Å². The summed E-state index contributed by atoms with van der Waals surface area (Å²) in [6, 6.07) is 7.94. The topological polar surface area (TPSA) is 83.4 Å². The van der Waals surface area contributed by atoms with Crippen molar-refractivity contribution in [2.24, 2.45) is 5.73 Å². The Morgan fingerprint density at radius 2 is 2.00 bits per heavy atom. The van der Waals surface area contributed by atoms with Crippen molar-refractivity contribution in [2.75, 3.05) is 19.8 Å². The van der Waals surface area contributed by atoms with Gasteiger partial charge >= 0.3 is 0 Å². The largest absolute Gasteiger partial charge is 0.492 e. The predicted octanol–water partition coefficient (Wildman–Crippen LogP) is 1.56. The number of ether oxygens (including phenoxy) is 2. The van der Waals surface area contributed by atoms with Crippen molar-refractivity contribution in [3.05, 3.63) is 41.5 Å². The summed E-state index contributed by atoms with van der Waals surface area (Å²) in [7, 11) is 0. The molecule has 0 amide bonds. The Kier molecular flexibility index (Phi) is 2.94. The Labute approximate surface area is 122 Å². The van der Waals surface area contributed by atoms with Crippen molar-refractivity contribution in [1.29, 1.82) is 0 Å². The van der Waals surface area contributed by atoms with E-state index in [0.29, 0.717) is 44.4 Å². The fourth-order valence-corrected chi connectivity index (χ4v) is 2.90. The maximum atomic E-state index is 6.38. The fraction of sp³-hybridized carbons (Fsp3) is 0.467. The van der Waals surface area contributed by atoms with Crippen molar-refractivity contribution in [2.45, 2.75) is 24.3 Å². The highest BCUT2D eigenvalue weighted by Gasteiger charge is 2.37. The van der Waals surface area contributed by atoms with Gasteiger partial charge in [-0.3, -0.25) is 0 Å². The number of fused-ring (bicyclic) bond motifs is 1. The van der Waals surface area contributed by atoms with Gasteiger partial charge in [0.2, 0.25) is 5.89 Å². The van der Waals surface area contributed by atoms with Crippen molar-refractivity contribution >= 4 is 0 Å². The molecule has 1 saturated heterocycles. The number of hydrogen-bond acceptors (Lipinski definition) is 6. The molecule has 2 aliphatic rings. The van der Waals surface area contributed by atoms with Crippen LogP contribution in [0.15, 0.2) is 28.8 Å². The summed E-state index contributed by atoms with van der Waals surface area (Å²) >= 11 is 0. The second kappa shape index (κ2) is 4.82. The molecule has 6 nitrogen and oxygen atoms in total. The lowest BCUT2D eigenvalue weighted by Crippen LogP contribution is -2.42. The molecule has 1 aromatic carbocycles. The first kappa shape index (κ1) is 12.8. The van der Waals surface area contributed by atoms with E-state index in [1.54, 1.807) is 0 Å². The third kappa shape index (κ3) is 2.11. The van der Waals surface area contributed by atoms with E-state index < -0.39 is 5.54 Å². The number of para-hydroxylation sites is 1. The van der Waals surface area contributed by atoms with E-state index in [1.807, 2.05) is 24.3 Å². The average molecular weight is 287 g/mol. The van der Waals surface area contributed by atoms with Crippen LogP contribution in [-0.4, -0.2) is 30.0 Å². The van der Waals surface area contributed by atoms with Crippen LogP contribution >= 0.6 is 0 Å². The number of nitrogens with zero attached hydrogens (tertiary/aromatic N) is 2. The Morgan fingerprint density at radius 1 is 1.19 bits per heavy atom. The smallest absolute Gasteiger partial charge is 0.246 e. The second-order valence-electron chi connectivity index (χ2n) is 5.63. The Hall–Kier alpha value is -1.92. The molecule has 3 heterocycles. The highest BCUT2D eigenvalue weighted by Crippen LogP contribution is 2.37. The molecule has 1 aromatic heterocycles.